The van der Waals surface area contributed by atoms with Crippen molar-refractivity contribution in [1.82, 2.24) is 15.2 Å². The number of phenolic OH excluding ortho intramolecular Hbond substituents is 1. The lowest BCUT2D eigenvalue weighted by molar-refractivity contribution is 0.0358. The molecule has 1 amide bonds. The highest BCUT2D eigenvalue weighted by Crippen LogP contribution is 2.45. The molecule has 3 saturated heterocycles. The number of aliphatic hydroxyl groups excluding tert-OH is 1. The van der Waals surface area contributed by atoms with Crippen molar-refractivity contribution >= 4 is 34.0 Å². The van der Waals surface area contributed by atoms with Crippen molar-refractivity contribution in [2.45, 2.75) is 69.9 Å². The van der Waals surface area contributed by atoms with E-state index >= 15 is 0 Å². The zero-order valence-corrected chi connectivity index (χ0v) is 32.8. The van der Waals surface area contributed by atoms with E-state index in [9.17, 15) is 24.9 Å². The highest BCUT2D eigenvalue weighted by Gasteiger charge is 2.43. The Labute approximate surface area is 332 Å². The van der Waals surface area contributed by atoms with Gasteiger partial charge in [0, 0.05) is 35.5 Å². The summed E-state index contributed by atoms with van der Waals surface area (Å²) in [5, 5.41) is 37.8. The van der Waals surface area contributed by atoms with Crippen LogP contribution in [0, 0.1) is 11.8 Å². The highest BCUT2D eigenvalue weighted by atomic mass is 32.1. The summed E-state index contributed by atoms with van der Waals surface area (Å²) >= 11 is 1.64. The molecule has 11 heteroatoms. The number of benzene rings is 3. The van der Waals surface area contributed by atoms with Gasteiger partial charge in [0.25, 0.3) is 0 Å². The number of aromatic nitrogens is 1. The lowest BCUT2D eigenvalue weighted by atomic mass is 9.73. The van der Waals surface area contributed by atoms with E-state index < -0.39 is 12.2 Å². The van der Waals surface area contributed by atoms with Crippen LogP contribution in [-0.4, -0.2) is 70.6 Å². The van der Waals surface area contributed by atoms with Gasteiger partial charge in [-0.3, -0.25) is 9.69 Å². The van der Waals surface area contributed by atoms with Gasteiger partial charge in [0.1, 0.15) is 11.5 Å². The van der Waals surface area contributed by atoms with Gasteiger partial charge >= 0.3 is 6.09 Å². The number of amides is 1. The molecule has 10 nitrogen and oxygen atoms in total. The number of piperidine rings is 3. The van der Waals surface area contributed by atoms with Crippen LogP contribution in [0.5, 0.6) is 11.5 Å². The number of H-pyrrole nitrogens is 1. The molecule has 3 aromatic carbocycles. The Kier molecular flexibility index (Phi) is 13.4. The third kappa shape index (κ3) is 9.64. The fraction of sp³-hybridized carbons (Fsp3) is 0.422. The van der Waals surface area contributed by atoms with Crippen molar-refractivity contribution in [1.29, 1.82) is 0 Å². The maximum Gasteiger partial charge on any atom is 0.412 e. The molecule has 296 valence electrons. The number of phenols is 1. The van der Waals surface area contributed by atoms with Gasteiger partial charge < -0.3 is 35.3 Å². The lowest BCUT2D eigenvalue weighted by Crippen LogP contribution is -2.53. The van der Waals surface area contributed by atoms with Crippen molar-refractivity contribution in [3.05, 3.63) is 112 Å². The number of pyridine rings is 1. The maximum absolute atomic E-state index is 13.3. The topological polar surface area (TPSA) is 138 Å². The van der Waals surface area contributed by atoms with Crippen molar-refractivity contribution in [3.63, 3.8) is 0 Å². The smallest absolute Gasteiger partial charge is 0.412 e. The average Bonchev–Trinajstić information content (AvgIpc) is 3.77. The highest BCUT2D eigenvalue weighted by molar-refractivity contribution is 7.13. The van der Waals surface area contributed by atoms with Gasteiger partial charge in [-0.2, -0.15) is 0 Å². The summed E-state index contributed by atoms with van der Waals surface area (Å²) in [6.07, 6.45) is 8.03. The Morgan fingerprint density at radius 3 is 2.41 bits per heavy atom. The first kappa shape index (κ1) is 39.6. The number of thiophene rings is 1. The van der Waals surface area contributed by atoms with Crippen LogP contribution in [0.2, 0.25) is 0 Å². The predicted molar refractivity (Wildman–Crippen MR) is 224 cm³/mol. The number of aromatic amines is 1. The predicted octanol–water partition coefficient (Wildman–Crippen LogP) is 8.96. The van der Waals surface area contributed by atoms with E-state index in [0.29, 0.717) is 47.0 Å². The summed E-state index contributed by atoms with van der Waals surface area (Å²) in [5.74, 6) is 1.39. The minimum Gasteiger partial charge on any atom is -0.506 e. The molecule has 5 aromatic rings. The number of hydrogen-bond acceptors (Lipinski definition) is 8. The van der Waals surface area contributed by atoms with E-state index in [4.69, 9.17) is 4.74 Å². The normalized spacial score (nSPS) is 18.8. The second-order valence-corrected chi connectivity index (χ2v) is 16.3. The number of hydrogen-bond donors (Lipinski definition) is 5. The van der Waals surface area contributed by atoms with Crippen molar-refractivity contribution in [3.8, 4) is 21.9 Å². The molecule has 0 spiro atoms. The van der Waals surface area contributed by atoms with Gasteiger partial charge in [0.2, 0.25) is 5.56 Å². The summed E-state index contributed by atoms with van der Waals surface area (Å²) in [4.78, 5) is 32.8. The molecule has 3 fully saturated rings. The first-order valence-corrected chi connectivity index (χ1v) is 21.1. The van der Waals surface area contributed by atoms with E-state index in [-0.39, 0.29) is 23.3 Å². The molecule has 0 saturated carbocycles. The molecule has 2 bridgehead atoms. The Morgan fingerprint density at radius 2 is 1.70 bits per heavy atom. The monoisotopic (exact) mass is 778 g/mol. The summed E-state index contributed by atoms with van der Waals surface area (Å²) < 4.78 is 6.37. The third-order valence-corrected chi connectivity index (χ3v) is 12.5. The summed E-state index contributed by atoms with van der Waals surface area (Å²) in [6, 6.07) is 26.2. The van der Waals surface area contributed by atoms with Crippen LogP contribution in [0.15, 0.2) is 95.1 Å². The van der Waals surface area contributed by atoms with Crippen LogP contribution in [0.25, 0.3) is 21.3 Å². The van der Waals surface area contributed by atoms with Gasteiger partial charge in [-0.1, -0.05) is 74.6 Å². The molecule has 3 aliphatic rings. The van der Waals surface area contributed by atoms with Crippen LogP contribution < -0.4 is 20.5 Å². The molecule has 5 heterocycles. The lowest BCUT2D eigenvalue weighted by Gasteiger charge is -2.49. The standard InChI is InChI=1S/C45H54N4O6S/c50-39-17-15-36(37-16-18-42(52)47-43(37)39)40(51)29-46-21-9-4-2-1-3-5-10-24-55-35-27-33(41-14-11-25-56-41)26-34(28-35)49(45(53)54)44(32-12-7-6-8-13-32)38-30-48-22-19-31(38)20-23-48/h6-8,11-18,25-28,31,38,40,44,46,50-51H,1-5,9-10,19-24,29-30H2,(H,47,52)(H,53,54)/t38?,40-,44-/m0/s1. The zero-order chi connectivity index (χ0) is 38.9. The van der Waals surface area contributed by atoms with Gasteiger partial charge in [-0.25, -0.2) is 4.79 Å². The van der Waals surface area contributed by atoms with E-state index in [2.05, 4.69) is 33.4 Å². The number of ether oxygens (including phenoxy) is 1. The van der Waals surface area contributed by atoms with Crippen LogP contribution in [0.1, 0.15) is 81.1 Å². The molecule has 0 aliphatic carbocycles. The summed E-state index contributed by atoms with van der Waals surface area (Å²) in [6.45, 7) is 4.86. The van der Waals surface area contributed by atoms with Crippen molar-refractivity contribution < 1.29 is 24.9 Å². The van der Waals surface area contributed by atoms with Crippen LogP contribution >= 0.6 is 11.3 Å². The van der Waals surface area contributed by atoms with Gasteiger partial charge in [0.15, 0.2) is 0 Å². The van der Waals surface area contributed by atoms with Crippen LogP contribution in [-0.2, 0) is 0 Å². The number of rotatable bonds is 19. The Morgan fingerprint density at radius 1 is 0.929 bits per heavy atom. The number of carbonyl (C=O) groups is 1. The summed E-state index contributed by atoms with van der Waals surface area (Å²) in [7, 11) is 0. The van der Waals surface area contributed by atoms with Gasteiger partial charge in [0.05, 0.1) is 30.0 Å². The molecule has 56 heavy (non-hydrogen) atoms. The van der Waals surface area contributed by atoms with Crippen LogP contribution in [0.4, 0.5) is 10.5 Å². The number of fused-ring (bicyclic) bond motifs is 4. The Bertz CT molecular complexity index is 2080. The van der Waals surface area contributed by atoms with E-state index in [1.165, 1.54) is 12.1 Å². The number of nitrogens with zero attached hydrogens (tertiary/aromatic N) is 2. The SMILES string of the molecule is O=C(O)N(c1cc(OCCCCCCCCCNC[C@H](O)c2ccc(O)c3[nH]c(=O)ccc23)cc(-c2cccs2)c1)[C@@H](c1ccccc1)C1CN2CCC1CC2. The molecular weight excluding hydrogens is 725 g/mol. The van der Waals surface area contributed by atoms with E-state index in [0.717, 1.165) is 100.0 Å². The summed E-state index contributed by atoms with van der Waals surface area (Å²) in [5.41, 5.74) is 3.36. The van der Waals surface area contributed by atoms with Crippen LogP contribution in [0.3, 0.4) is 0 Å². The Hall–Kier alpha value is -4.68. The third-order valence-electron chi connectivity index (χ3n) is 11.6. The van der Waals surface area contributed by atoms with Gasteiger partial charge in [-0.05, 0) is 110 Å². The minimum absolute atomic E-state index is 0.0148. The minimum atomic E-state index is -0.944. The molecule has 1 unspecified atom stereocenters. The fourth-order valence-electron chi connectivity index (χ4n) is 8.71. The average molecular weight is 779 g/mol. The number of unbranched alkanes of at least 4 members (excludes halogenated alkanes) is 6. The second-order valence-electron chi connectivity index (χ2n) is 15.3. The molecule has 2 aromatic heterocycles. The zero-order valence-electron chi connectivity index (χ0n) is 31.9. The number of nitrogens with one attached hydrogen (secondary N) is 2. The number of aromatic hydroxyl groups is 1. The molecule has 3 aliphatic heterocycles. The van der Waals surface area contributed by atoms with Crippen molar-refractivity contribution in [2.75, 3.05) is 44.2 Å². The number of anilines is 1. The number of aliphatic hydroxyl groups is 1. The molecular formula is C45H54N4O6S. The molecule has 0 radical (unpaired) electrons. The number of carboxylic acid groups (broad SMARTS) is 1. The Balaban J connectivity index is 0.889. The van der Waals surface area contributed by atoms with Gasteiger partial charge in [-0.15, -0.1) is 11.3 Å². The van der Waals surface area contributed by atoms with E-state index in [1.807, 2.05) is 47.8 Å². The first-order chi connectivity index (χ1) is 27.4. The first-order valence-electron chi connectivity index (χ1n) is 20.2. The maximum atomic E-state index is 13.3. The van der Waals surface area contributed by atoms with Crippen molar-refractivity contribution in [2.24, 2.45) is 11.8 Å². The second kappa shape index (κ2) is 19.0. The largest absolute Gasteiger partial charge is 0.506 e. The fourth-order valence-corrected chi connectivity index (χ4v) is 9.43. The quantitative estimate of drug-likeness (QED) is 0.0524. The molecule has 5 N–H and O–H groups in total. The molecule has 8 rings (SSSR count). The van der Waals surface area contributed by atoms with E-state index in [1.54, 1.807) is 28.4 Å². The molecule has 3 atom stereocenters.